The summed E-state index contributed by atoms with van der Waals surface area (Å²) in [6.45, 7) is 7.22. The van der Waals surface area contributed by atoms with Crippen molar-refractivity contribution in [3.8, 4) is 0 Å². The second kappa shape index (κ2) is 8.63. The van der Waals surface area contributed by atoms with Gasteiger partial charge in [0, 0.05) is 0 Å². The SMILES string of the molecule is CCCCN(C)CCC1CCCC1(NCCC)C(=O)O. The van der Waals surface area contributed by atoms with Crippen molar-refractivity contribution in [2.24, 2.45) is 5.92 Å². The number of hydrogen-bond donors (Lipinski definition) is 2. The van der Waals surface area contributed by atoms with E-state index >= 15 is 0 Å². The molecule has 0 heterocycles. The van der Waals surface area contributed by atoms with Crippen molar-refractivity contribution in [2.75, 3.05) is 26.7 Å². The average molecular weight is 284 g/mol. The fourth-order valence-electron chi connectivity index (χ4n) is 3.32. The number of hydrogen-bond acceptors (Lipinski definition) is 3. The first-order chi connectivity index (χ1) is 9.56. The Hall–Kier alpha value is -0.610. The fraction of sp³-hybridized carbons (Fsp3) is 0.938. The number of carboxylic acid groups (broad SMARTS) is 1. The van der Waals surface area contributed by atoms with Crippen molar-refractivity contribution in [1.82, 2.24) is 10.2 Å². The van der Waals surface area contributed by atoms with Gasteiger partial charge in [-0.25, -0.2) is 0 Å². The normalized spacial score (nSPS) is 26.3. The van der Waals surface area contributed by atoms with E-state index in [9.17, 15) is 9.90 Å². The molecule has 118 valence electrons. The molecule has 0 aliphatic heterocycles. The van der Waals surface area contributed by atoms with Crippen LogP contribution in [0.1, 0.15) is 58.8 Å². The van der Waals surface area contributed by atoms with Crippen LogP contribution in [0.4, 0.5) is 0 Å². The number of carboxylic acids is 1. The highest BCUT2D eigenvalue weighted by molar-refractivity contribution is 5.79. The zero-order valence-corrected chi connectivity index (χ0v) is 13.5. The summed E-state index contributed by atoms with van der Waals surface area (Å²) >= 11 is 0. The Morgan fingerprint density at radius 3 is 2.70 bits per heavy atom. The van der Waals surface area contributed by atoms with Crippen molar-refractivity contribution < 1.29 is 9.90 Å². The van der Waals surface area contributed by atoms with Gasteiger partial charge in [0.05, 0.1) is 0 Å². The van der Waals surface area contributed by atoms with Crippen LogP contribution in [-0.2, 0) is 4.79 Å². The molecular formula is C16H32N2O2. The van der Waals surface area contributed by atoms with Crippen molar-refractivity contribution in [1.29, 1.82) is 0 Å². The lowest BCUT2D eigenvalue weighted by molar-refractivity contribution is -0.146. The van der Waals surface area contributed by atoms with Crippen LogP contribution in [0, 0.1) is 5.92 Å². The summed E-state index contributed by atoms with van der Waals surface area (Å²) in [5.74, 6) is -0.375. The monoisotopic (exact) mass is 284 g/mol. The van der Waals surface area contributed by atoms with Gasteiger partial charge in [-0.1, -0.05) is 26.7 Å². The van der Waals surface area contributed by atoms with E-state index in [0.717, 1.165) is 51.7 Å². The highest BCUT2D eigenvalue weighted by Crippen LogP contribution is 2.38. The minimum Gasteiger partial charge on any atom is -0.480 e. The molecule has 1 aliphatic carbocycles. The highest BCUT2D eigenvalue weighted by Gasteiger charge is 2.48. The Kier molecular flexibility index (Phi) is 7.52. The zero-order valence-electron chi connectivity index (χ0n) is 13.5. The molecule has 0 spiro atoms. The van der Waals surface area contributed by atoms with Gasteiger partial charge in [0.2, 0.25) is 0 Å². The van der Waals surface area contributed by atoms with E-state index in [0.29, 0.717) is 0 Å². The second-order valence-electron chi connectivity index (χ2n) is 6.24. The summed E-state index contributed by atoms with van der Waals surface area (Å²) < 4.78 is 0. The molecule has 2 unspecified atom stereocenters. The van der Waals surface area contributed by atoms with E-state index in [2.05, 4.69) is 31.1 Å². The Balaban J connectivity index is 2.55. The van der Waals surface area contributed by atoms with Crippen molar-refractivity contribution >= 4 is 5.97 Å². The van der Waals surface area contributed by atoms with Crippen LogP contribution in [0.5, 0.6) is 0 Å². The maximum absolute atomic E-state index is 11.8. The summed E-state index contributed by atoms with van der Waals surface area (Å²) in [4.78, 5) is 14.1. The largest absolute Gasteiger partial charge is 0.480 e. The molecule has 1 saturated carbocycles. The summed E-state index contributed by atoms with van der Waals surface area (Å²) in [5, 5.41) is 13.0. The maximum atomic E-state index is 11.8. The van der Waals surface area contributed by atoms with E-state index in [-0.39, 0.29) is 5.92 Å². The molecule has 0 bridgehead atoms. The van der Waals surface area contributed by atoms with Crippen LogP contribution in [0.3, 0.4) is 0 Å². The summed E-state index contributed by atoms with van der Waals surface area (Å²) in [6, 6.07) is 0. The molecule has 0 radical (unpaired) electrons. The molecule has 0 aromatic carbocycles. The number of rotatable bonds is 10. The molecule has 0 aromatic heterocycles. The first kappa shape index (κ1) is 17.4. The molecule has 2 atom stereocenters. The van der Waals surface area contributed by atoms with Gasteiger partial charge in [0.15, 0.2) is 0 Å². The number of carbonyl (C=O) groups is 1. The number of unbranched alkanes of at least 4 members (excludes halogenated alkanes) is 1. The van der Waals surface area contributed by atoms with Crippen LogP contribution in [0.2, 0.25) is 0 Å². The van der Waals surface area contributed by atoms with Gasteiger partial charge >= 0.3 is 5.97 Å². The fourth-order valence-corrected chi connectivity index (χ4v) is 3.32. The number of aliphatic carboxylic acids is 1. The van der Waals surface area contributed by atoms with Crippen LogP contribution in [-0.4, -0.2) is 48.2 Å². The van der Waals surface area contributed by atoms with Crippen LogP contribution >= 0.6 is 0 Å². The molecule has 4 heteroatoms. The summed E-state index contributed by atoms with van der Waals surface area (Å²) in [7, 11) is 2.15. The molecule has 1 rings (SSSR count). The molecule has 2 N–H and O–H groups in total. The van der Waals surface area contributed by atoms with E-state index < -0.39 is 11.5 Å². The van der Waals surface area contributed by atoms with Crippen molar-refractivity contribution in [3.05, 3.63) is 0 Å². The Labute approximate surface area is 123 Å². The van der Waals surface area contributed by atoms with Crippen LogP contribution in [0.25, 0.3) is 0 Å². The number of nitrogens with zero attached hydrogens (tertiary/aromatic N) is 1. The van der Waals surface area contributed by atoms with E-state index in [1.807, 2.05) is 0 Å². The molecule has 4 nitrogen and oxygen atoms in total. The van der Waals surface area contributed by atoms with Crippen molar-refractivity contribution in [3.63, 3.8) is 0 Å². The second-order valence-corrected chi connectivity index (χ2v) is 6.24. The molecule has 0 aromatic rings. The topological polar surface area (TPSA) is 52.6 Å². The van der Waals surface area contributed by atoms with Gasteiger partial charge < -0.3 is 15.3 Å². The third kappa shape index (κ3) is 4.45. The predicted molar refractivity (Wildman–Crippen MR) is 83.0 cm³/mol. The van der Waals surface area contributed by atoms with Crippen LogP contribution in [0.15, 0.2) is 0 Å². The molecule has 20 heavy (non-hydrogen) atoms. The predicted octanol–water partition coefficient (Wildman–Crippen LogP) is 2.73. The van der Waals surface area contributed by atoms with Gasteiger partial charge in [-0.05, 0) is 64.7 Å². The molecule has 1 fully saturated rings. The molecule has 0 saturated heterocycles. The standard InChI is InChI=1S/C16H32N2O2/c1-4-6-12-18(3)13-9-14-8-7-10-16(14,15(19)20)17-11-5-2/h14,17H,4-13H2,1-3H3,(H,19,20). The zero-order chi connectivity index (χ0) is 15.0. The van der Waals surface area contributed by atoms with E-state index in [4.69, 9.17) is 0 Å². The lowest BCUT2D eigenvalue weighted by Gasteiger charge is -2.33. The van der Waals surface area contributed by atoms with Gasteiger partial charge in [-0.2, -0.15) is 0 Å². The maximum Gasteiger partial charge on any atom is 0.324 e. The van der Waals surface area contributed by atoms with Gasteiger partial charge in [-0.3, -0.25) is 4.79 Å². The van der Waals surface area contributed by atoms with Gasteiger partial charge in [0.1, 0.15) is 5.54 Å². The first-order valence-electron chi connectivity index (χ1n) is 8.23. The van der Waals surface area contributed by atoms with E-state index in [1.165, 1.54) is 12.8 Å². The lowest BCUT2D eigenvalue weighted by Crippen LogP contribution is -2.55. The van der Waals surface area contributed by atoms with Crippen molar-refractivity contribution in [2.45, 2.75) is 64.3 Å². The minimum atomic E-state index is -0.665. The van der Waals surface area contributed by atoms with Gasteiger partial charge in [-0.15, -0.1) is 0 Å². The Morgan fingerprint density at radius 1 is 1.35 bits per heavy atom. The van der Waals surface area contributed by atoms with Gasteiger partial charge in [0.25, 0.3) is 0 Å². The third-order valence-electron chi connectivity index (χ3n) is 4.65. The van der Waals surface area contributed by atoms with Crippen LogP contribution < -0.4 is 5.32 Å². The number of nitrogens with one attached hydrogen (secondary N) is 1. The lowest BCUT2D eigenvalue weighted by atomic mass is 9.84. The highest BCUT2D eigenvalue weighted by atomic mass is 16.4. The smallest absolute Gasteiger partial charge is 0.324 e. The Bertz CT molecular complexity index is 296. The first-order valence-corrected chi connectivity index (χ1v) is 8.23. The summed E-state index contributed by atoms with van der Waals surface area (Å²) in [6.07, 6.45) is 7.27. The average Bonchev–Trinajstić information content (AvgIpc) is 2.84. The van der Waals surface area contributed by atoms with E-state index in [1.54, 1.807) is 0 Å². The molecule has 1 aliphatic rings. The minimum absolute atomic E-state index is 0.274. The Morgan fingerprint density at radius 2 is 2.10 bits per heavy atom. The summed E-state index contributed by atoms with van der Waals surface area (Å²) in [5.41, 5.74) is -0.665. The third-order valence-corrected chi connectivity index (χ3v) is 4.65. The quantitative estimate of drug-likeness (QED) is 0.647. The molecule has 0 amide bonds. The molecular weight excluding hydrogens is 252 g/mol.